The summed E-state index contributed by atoms with van der Waals surface area (Å²) in [4.78, 5) is 10.8. The minimum Gasteiger partial charge on any atom is -0.428 e. The Morgan fingerprint density at radius 1 is 1.18 bits per heavy atom. The van der Waals surface area contributed by atoms with Crippen LogP contribution in [0, 0.1) is 6.07 Å². The Labute approximate surface area is 135 Å². The van der Waals surface area contributed by atoms with Crippen molar-refractivity contribution in [2.24, 2.45) is 0 Å². The lowest BCUT2D eigenvalue weighted by atomic mass is 9.80. The topological polar surface area (TPSA) is 26.3 Å². The highest BCUT2D eigenvalue weighted by Gasteiger charge is 2.22. The first-order valence-corrected chi connectivity index (χ1v) is 9.00. The third-order valence-corrected chi connectivity index (χ3v) is 4.82. The lowest BCUT2D eigenvalue weighted by Crippen LogP contribution is -2.10. The average molecular weight is 301 g/mol. The molecule has 22 heavy (non-hydrogen) atoms. The number of carbonyl (C=O) groups is 1. The number of rotatable bonds is 9. The Hall–Kier alpha value is -1.31. The third-order valence-electron chi connectivity index (χ3n) is 4.82. The van der Waals surface area contributed by atoms with Crippen molar-refractivity contribution >= 4 is 6.47 Å². The zero-order valence-corrected chi connectivity index (χ0v) is 13.9. The van der Waals surface area contributed by atoms with Crippen LogP contribution in [0.5, 0.6) is 5.75 Å². The van der Waals surface area contributed by atoms with Gasteiger partial charge in [-0.25, -0.2) is 0 Å². The van der Waals surface area contributed by atoms with Gasteiger partial charge in [0.2, 0.25) is 0 Å². The maximum absolute atomic E-state index is 10.8. The molecule has 0 amide bonds. The molecule has 0 unspecified atom stereocenters. The predicted molar refractivity (Wildman–Crippen MR) is 90.3 cm³/mol. The minimum absolute atomic E-state index is 0.545. The summed E-state index contributed by atoms with van der Waals surface area (Å²) in [5.74, 6) is 1.22. The molecule has 0 aliphatic heterocycles. The summed E-state index contributed by atoms with van der Waals surface area (Å²) in [5.41, 5.74) is 2.64. The Morgan fingerprint density at radius 2 is 1.95 bits per heavy atom. The van der Waals surface area contributed by atoms with E-state index in [1.807, 2.05) is 6.07 Å². The van der Waals surface area contributed by atoms with Gasteiger partial charge < -0.3 is 4.74 Å². The molecule has 1 fully saturated rings. The molecule has 121 valence electrons. The van der Waals surface area contributed by atoms with Gasteiger partial charge in [0.15, 0.2) is 0 Å². The molecule has 1 aliphatic carbocycles. The van der Waals surface area contributed by atoms with Crippen molar-refractivity contribution in [1.82, 2.24) is 0 Å². The van der Waals surface area contributed by atoms with Gasteiger partial charge >= 0.3 is 0 Å². The van der Waals surface area contributed by atoms with E-state index in [0.29, 0.717) is 18.1 Å². The molecule has 0 spiro atoms. The van der Waals surface area contributed by atoms with Crippen molar-refractivity contribution in [3.8, 4) is 5.75 Å². The quantitative estimate of drug-likeness (QED) is 0.439. The fourth-order valence-electron chi connectivity index (χ4n) is 3.65. The monoisotopic (exact) mass is 301 g/mol. The molecular weight excluding hydrogens is 272 g/mol. The summed E-state index contributed by atoms with van der Waals surface area (Å²) in [6, 6.07) is 7.22. The van der Waals surface area contributed by atoms with Crippen molar-refractivity contribution in [2.75, 3.05) is 0 Å². The van der Waals surface area contributed by atoms with E-state index in [1.54, 1.807) is 0 Å². The van der Waals surface area contributed by atoms with E-state index in [4.69, 9.17) is 4.74 Å². The van der Waals surface area contributed by atoms with Gasteiger partial charge in [0, 0.05) is 11.6 Å². The molecule has 0 atom stereocenters. The van der Waals surface area contributed by atoms with Crippen LogP contribution in [0.3, 0.4) is 0 Å². The highest BCUT2D eigenvalue weighted by molar-refractivity contribution is 5.51. The van der Waals surface area contributed by atoms with Crippen molar-refractivity contribution in [3.63, 3.8) is 0 Å². The first-order valence-electron chi connectivity index (χ1n) is 9.00. The van der Waals surface area contributed by atoms with E-state index < -0.39 is 0 Å². The summed E-state index contributed by atoms with van der Waals surface area (Å²) >= 11 is 0. The zero-order valence-electron chi connectivity index (χ0n) is 13.9. The molecule has 0 heterocycles. The molecule has 1 radical (unpaired) electrons. The van der Waals surface area contributed by atoms with Crippen LogP contribution in [0.15, 0.2) is 12.1 Å². The van der Waals surface area contributed by atoms with Crippen molar-refractivity contribution in [3.05, 3.63) is 29.3 Å². The largest absolute Gasteiger partial charge is 0.428 e. The van der Waals surface area contributed by atoms with Gasteiger partial charge in [0.05, 0.1) is 0 Å². The van der Waals surface area contributed by atoms with Crippen molar-refractivity contribution in [1.29, 1.82) is 0 Å². The normalized spacial score (nSPS) is 15.7. The lowest BCUT2D eigenvalue weighted by molar-refractivity contribution is -0.120. The van der Waals surface area contributed by atoms with Crippen molar-refractivity contribution < 1.29 is 9.53 Å². The van der Waals surface area contributed by atoms with Crippen LogP contribution in [-0.2, 0) is 11.2 Å². The smallest absolute Gasteiger partial charge is 0.298 e. The Kier molecular flexibility index (Phi) is 7.48. The first-order chi connectivity index (χ1) is 10.9. The minimum atomic E-state index is 0.545. The molecule has 2 rings (SSSR count). The molecule has 0 N–H and O–H groups in total. The van der Waals surface area contributed by atoms with E-state index in [2.05, 4.69) is 19.1 Å². The van der Waals surface area contributed by atoms with Gasteiger partial charge in [-0.1, -0.05) is 64.0 Å². The predicted octanol–water partition coefficient (Wildman–Crippen LogP) is 5.58. The third kappa shape index (κ3) is 4.86. The van der Waals surface area contributed by atoms with Gasteiger partial charge in [-0.15, -0.1) is 0 Å². The number of hydrogen-bond acceptors (Lipinski definition) is 2. The number of carbonyl (C=O) groups excluding carboxylic acids is 1. The van der Waals surface area contributed by atoms with E-state index in [-0.39, 0.29) is 0 Å². The molecule has 2 nitrogen and oxygen atoms in total. The molecule has 1 aliphatic rings. The molecule has 0 aromatic heterocycles. The van der Waals surface area contributed by atoms with E-state index in [1.165, 1.54) is 75.3 Å². The van der Waals surface area contributed by atoms with Crippen LogP contribution in [0.25, 0.3) is 0 Å². The SMILES string of the molecule is CCCCCCCc1cc[c]c(OC=O)c1C1CCCCC1. The van der Waals surface area contributed by atoms with Gasteiger partial charge in [-0.3, -0.25) is 4.79 Å². The molecule has 0 saturated heterocycles. The van der Waals surface area contributed by atoms with Crippen molar-refractivity contribution in [2.45, 2.75) is 83.5 Å². The summed E-state index contributed by atoms with van der Waals surface area (Å²) in [6.45, 7) is 2.79. The van der Waals surface area contributed by atoms with Gasteiger partial charge in [-0.2, -0.15) is 0 Å². The van der Waals surface area contributed by atoms with Crippen LogP contribution in [0.2, 0.25) is 0 Å². The second kappa shape index (κ2) is 9.66. The highest BCUT2D eigenvalue weighted by Crippen LogP contribution is 2.39. The Bertz CT molecular complexity index is 447. The maximum atomic E-state index is 10.8. The van der Waals surface area contributed by atoms with Crippen LogP contribution >= 0.6 is 0 Å². The number of unbranched alkanes of at least 4 members (excludes halogenated alkanes) is 4. The summed E-state index contributed by atoms with van der Waals surface area (Å²) < 4.78 is 5.24. The zero-order chi connectivity index (χ0) is 15.6. The Morgan fingerprint density at radius 3 is 2.68 bits per heavy atom. The van der Waals surface area contributed by atoms with E-state index >= 15 is 0 Å². The molecule has 0 bridgehead atoms. The molecule has 1 saturated carbocycles. The van der Waals surface area contributed by atoms with Gasteiger partial charge in [-0.05, 0) is 37.2 Å². The van der Waals surface area contributed by atoms with Crippen LogP contribution in [0.4, 0.5) is 0 Å². The second-order valence-electron chi connectivity index (χ2n) is 6.46. The maximum Gasteiger partial charge on any atom is 0.298 e. The van der Waals surface area contributed by atoms with Crippen LogP contribution in [-0.4, -0.2) is 6.47 Å². The first kappa shape index (κ1) is 17.1. The average Bonchev–Trinajstić information content (AvgIpc) is 2.56. The fraction of sp³-hybridized carbons (Fsp3) is 0.650. The van der Waals surface area contributed by atoms with Crippen LogP contribution in [0.1, 0.15) is 88.2 Å². The molecule has 2 heteroatoms. The van der Waals surface area contributed by atoms with Gasteiger partial charge in [0.1, 0.15) is 5.75 Å². The lowest BCUT2D eigenvalue weighted by Gasteiger charge is -2.26. The number of aryl methyl sites for hydroxylation is 1. The number of ether oxygens (including phenoxy) is 1. The highest BCUT2D eigenvalue weighted by atomic mass is 16.5. The summed E-state index contributed by atoms with van der Waals surface area (Å²) in [6.07, 6.45) is 13.9. The summed E-state index contributed by atoms with van der Waals surface area (Å²) in [7, 11) is 0. The number of hydrogen-bond donors (Lipinski definition) is 0. The van der Waals surface area contributed by atoms with Gasteiger partial charge in [0.25, 0.3) is 6.47 Å². The fourth-order valence-corrected chi connectivity index (χ4v) is 3.65. The molecular formula is C20H29O2. The van der Waals surface area contributed by atoms with Crippen LogP contribution < -0.4 is 4.74 Å². The standard InChI is InChI=1S/C20H29O2/c1-2-3-4-5-7-11-18-14-10-15-19(22-16-21)20(18)17-12-8-6-9-13-17/h10,14,16-17H,2-9,11-13H2,1H3. The van der Waals surface area contributed by atoms with E-state index in [9.17, 15) is 4.79 Å². The molecule has 1 aromatic carbocycles. The second-order valence-corrected chi connectivity index (χ2v) is 6.46. The molecule has 1 aromatic rings. The van der Waals surface area contributed by atoms with E-state index in [0.717, 1.165) is 6.42 Å². The summed E-state index contributed by atoms with van der Waals surface area (Å²) in [5, 5.41) is 0. The Balaban J connectivity index is 2.09. The number of benzene rings is 1.